The number of nitrogens with zero attached hydrogens (tertiary/aromatic N) is 5. The van der Waals surface area contributed by atoms with E-state index in [1.165, 1.54) is 11.8 Å². The maximum Gasteiger partial charge on any atom is 0.247 e. The van der Waals surface area contributed by atoms with E-state index in [4.69, 9.17) is 9.15 Å². The van der Waals surface area contributed by atoms with E-state index in [0.717, 1.165) is 22.2 Å². The summed E-state index contributed by atoms with van der Waals surface area (Å²) in [7, 11) is 1.64. The highest BCUT2D eigenvalue weighted by Gasteiger charge is 2.19. The van der Waals surface area contributed by atoms with Crippen molar-refractivity contribution in [3.63, 3.8) is 0 Å². The Balaban J connectivity index is 1.55. The molecule has 0 spiro atoms. The van der Waals surface area contributed by atoms with Crippen molar-refractivity contribution < 1.29 is 9.15 Å². The van der Waals surface area contributed by atoms with Crippen molar-refractivity contribution >= 4 is 11.8 Å². The molecule has 136 valence electrons. The molecule has 0 aliphatic heterocycles. The van der Waals surface area contributed by atoms with Gasteiger partial charge in [0.2, 0.25) is 11.8 Å². The molecule has 27 heavy (non-hydrogen) atoms. The highest BCUT2D eigenvalue weighted by molar-refractivity contribution is 7.99. The largest absolute Gasteiger partial charge is 0.497 e. The number of rotatable bonds is 6. The summed E-state index contributed by atoms with van der Waals surface area (Å²) >= 11 is 1.50. The van der Waals surface area contributed by atoms with Gasteiger partial charge in [0.05, 0.1) is 18.0 Å². The number of aromatic nitrogens is 5. The highest BCUT2D eigenvalue weighted by atomic mass is 32.2. The lowest BCUT2D eigenvalue weighted by atomic mass is 10.2. The molecule has 0 radical (unpaired) electrons. The van der Waals surface area contributed by atoms with Gasteiger partial charge < -0.3 is 9.15 Å². The molecule has 1 atom stereocenters. The number of methoxy groups -OCH3 is 1. The summed E-state index contributed by atoms with van der Waals surface area (Å²) in [5, 5.41) is 17.3. The quantitative estimate of drug-likeness (QED) is 0.465. The van der Waals surface area contributed by atoms with Crippen LogP contribution in [0.2, 0.25) is 0 Å². The molecule has 4 rings (SSSR count). The molecule has 0 bridgehead atoms. The standard InChI is InChI=1S/C19H17N5O2S/c1-13(17-21-22-18(26-17)14-7-4-3-5-8-14)27-19-23-20-12-24(19)15-9-6-10-16(11-15)25-2/h3-13H,1-2H3. The first-order valence-corrected chi connectivity index (χ1v) is 9.22. The van der Waals surface area contributed by atoms with Gasteiger partial charge >= 0.3 is 0 Å². The molecule has 8 heteroatoms. The summed E-state index contributed by atoms with van der Waals surface area (Å²) in [6.07, 6.45) is 1.67. The van der Waals surface area contributed by atoms with Gasteiger partial charge in [-0.3, -0.25) is 4.57 Å². The summed E-state index contributed by atoms with van der Waals surface area (Å²) in [4.78, 5) is 0. The first-order valence-electron chi connectivity index (χ1n) is 8.34. The van der Waals surface area contributed by atoms with Crippen LogP contribution in [0, 0.1) is 0 Å². The number of thioether (sulfide) groups is 1. The van der Waals surface area contributed by atoms with Crippen LogP contribution < -0.4 is 4.74 Å². The molecule has 0 saturated carbocycles. The van der Waals surface area contributed by atoms with Gasteiger partial charge in [-0.05, 0) is 31.2 Å². The zero-order chi connectivity index (χ0) is 18.6. The molecule has 0 amide bonds. The van der Waals surface area contributed by atoms with Crippen LogP contribution in [0.1, 0.15) is 18.1 Å². The minimum atomic E-state index is -0.0801. The maximum atomic E-state index is 5.84. The van der Waals surface area contributed by atoms with Crippen LogP contribution >= 0.6 is 11.8 Å². The Morgan fingerprint density at radius 1 is 1.04 bits per heavy atom. The van der Waals surface area contributed by atoms with Gasteiger partial charge in [0.25, 0.3) is 0 Å². The average molecular weight is 379 g/mol. The van der Waals surface area contributed by atoms with Crippen LogP contribution in [0.4, 0.5) is 0 Å². The van der Waals surface area contributed by atoms with Crippen LogP contribution in [-0.4, -0.2) is 32.1 Å². The number of hydrogen-bond donors (Lipinski definition) is 0. The first-order chi connectivity index (χ1) is 13.2. The summed E-state index contributed by atoms with van der Waals surface area (Å²) in [5.74, 6) is 1.82. The van der Waals surface area contributed by atoms with E-state index in [9.17, 15) is 0 Å². The fraction of sp³-hybridized carbons (Fsp3) is 0.158. The first kappa shape index (κ1) is 17.3. The van der Waals surface area contributed by atoms with E-state index >= 15 is 0 Å². The average Bonchev–Trinajstić information content (AvgIpc) is 3.38. The van der Waals surface area contributed by atoms with Crippen LogP contribution in [0.5, 0.6) is 5.75 Å². The van der Waals surface area contributed by atoms with Gasteiger partial charge in [0.15, 0.2) is 5.16 Å². The number of benzene rings is 2. The Bertz CT molecular complexity index is 1030. The lowest BCUT2D eigenvalue weighted by Crippen LogP contribution is -1.98. The van der Waals surface area contributed by atoms with Crippen molar-refractivity contribution in [2.75, 3.05) is 7.11 Å². The fourth-order valence-corrected chi connectivity index (χ4v) is 3.42. The van der Waals surface area contributed by atoms with Gasteiger partial charge in [-0.1, -0.05) is 36.0 Å². The van der Waals surface area contributed by atoms with Crippen molar-refractivity contribution in [2.24, 2.45) is 0 Å². The Kier molecular flexibility index (Phi) is 4.88. The van der Waals surface area contributed by atoms with Gasteiger partial charge in [0, 0.05) is 11.6 Å². The molecular formula is C19H17N5O2S. The highest BCUT2D eigenvalue weighted by Crippen LogP contribution is 2.35. The van der Waals surface area contributed by atoms with Crippen LogP contribution in [-0.2, 0) is 0 Å². The van der Waals surface area contributed by atoms with E-state index in [1.54, 1.807) is 13.4 Å². The van der Waals surface area contributed by atoms with Crippen LogP contribution in [0.25, 0.3) is 17.1 Å². The second-order valence-corrected chi connectivity index (χ2v) is 7.06. The SMILES string of the molecule is COc1cccc(-n2cnnc2SC(C)c2nnc(-c3ccccc3)o2)c1. The Labute approximate surface area is 160 Å². The normalized spacial score (nSPS) is 12.1. The van der Waals surface area contributed by atoms with E-state index in [-0.39, 0.29) is 5.25 Å². The van der Waals surface area contributed by atoms with Gasteiger partial charge in [-0.25, -0.2) is 0 Å². The Morgan fingerprint density at radius 2 is 1.89 bits per heavy atom. The predicted octanol–water partition coefficient (Wildman–Crippen LogP) is 4.18. The lowest BCUT2D eigenvalue weighted by Gasteiger charge is -2.09. The zero-order valence-corrected chi connectivity index (χ0v) is 15.6. The van der Waals surface area contributed by atoms with Crippen molar-refractivity contribution in [2.45, 2.75) is 17.3 Å². The summed E-state index contributed by atoms with van der Waals surface area (Å²) in [6.45, 7) is 2.00. The second kappa shape index (κ2) is 7.63. The minimum absolute atomic E-state index is 0.0801. The minimum Gasteiger partial charge on any atom is -0.497 e. The van der Waals surface area contributed by atoms with Crippen molar-refractivity contribution in [3.8, 4) is 22.9 Å². The smallest absolute Gasteiger partial charge is 0.247 e. The predicted molar refractivity (Wildman–Crippen MR) is 102 cm³/mol. The van der Waals surface area contributed by atoms with Gasteiger partial charge in [0.1, 0.15) is 12.1 Å². The molecular weight excluding hydrogens is 362 g/mol. The topological polar surface area (TPSA) is 78.9 Å². The molecule has 4 aromatic rings. The molecule has 0 fully saturated rings. The third-order valence-electron chi connectivity index (χ3n) is 3.94. The van der Waals surface area contributed by atoms with Crippen molar-refractivity contribution in [1.82, 2.24) is 25.0 Å². The monoisotopic (exact) mass is 379 g/mol. The lowest BCUT2D eigenvalue weighted by molar-refractivity contribution is 0.414. The molecule has 0 aliphatic carbocycles. The molecule has 2 aromatic carbocycles. The third-order valence-corrected chi connectivity index (χ3v) is 4.98. The zero-order valence-electron chi connectivity index (χ0n) is 14.8. The van der Waals surface area contributed by atoms with E-state index in [0.29, 0.717) is 11.8 Å². The van der Waals surface area contributed by atoms with Gasteiger partial charge in [-0.15, -0.1) is 20.4 Å². The number of ether oxygens (including phenoxy) is 1. The fourth-order valence-electron chi connectivity index (χ4n) is 2.55. The van der Waals surface area contributed by atoms with E-state index in [2.05, 4.69) is 20.4 Å². The molecule has 2 heterocycles. The van der Waals surface area contributed by atoms with E-state index < -0.39 is 0 Å². The summed E-state index contributed by atoms with van der Waals surface area (Å²) in [6, 6.07) is 17.4. The number of hydrogen-bond acceptors (Lipinski definition) is 7. The van der Waals surface area contributed by atoms with Crippen LogP contribution in [0.3, 0.4) is 0 Å². The summed E-state index contributed by atoms with van der Waals surface area (Å²) in [5.41, 5.74) is 1.82. The van der Waals surface area contributed by atoms with Crippen molar-refractivity contribution in [1.29, 1.82) is 0 Å². The Hall–Kier alpha value is -3.13. The molecule has 2 aromatic heterocycles. The summed E-state index contributed by atoms with van der Waals surface area (Å²) < 4.78 is 13.0. The molecule has 0 aliphatic rings. The molecule has 0 N–H and O–H groups in total. The third kappa shape index (κ3) is 3.70. The van der Waals surface area contributed by atoms with E-state index in [1.807, 2.05) is 66.1 Å². The van der Waals surface area contributed by atoms with Crippen molar-refractivity contribution in [3.05, 3.63) is 66.8 Å². The van der Waals surface area contributed by atoms with Gasteiger partial charge in [-0.2, -0.15) is 0 Å². The maximum absolute atomic E-state index is 5.84. The van der Waals surface area contributed by atoms with Crippen LogP contribution in [0.15, 0.2) is 70.5 Å². The Morgan fingerprint density at radius 3 is 2.70 bits per heavy atom. The molecule has 0 saturated heterocycles. The molecule has 1 unspecified atom stereocenters. The molecule has 7 nitrogen and oxygen atoms in total. The second-order valence-electron chi connectivity index (χ2n) is 5.76.